The van der Waals surface area contributed by atoms with Crippen molar-refractivity contribution in [1.29, 1.82) is 0 Å². The molecule has 0 spiro atoms. The van der Waals surface area contributed by atoms with Gasteiger partial charge >= 0.3 is 5.63 Å². The maximum atomic E-state index is 13.8. The highest BCUT2D eigenvalue weighted by atomic mass is 16.5. The first-order valence-electron chi connectivity index (χ1n) is 13.6. The number of nitrogens with zero attached hydrogens (tertiary/aromatic N) is 4. The van der Waals surface area contributed by atoms with Gasteiger partial charge in [0.05, 0.1) is 46.9 Å². The zero-order chi connectivity index (χ0) is 31.2. The van der Waals surface area contributed by atoms with Gasteiger partial charge in [-0.2, -0.15) is 0 Å². The Balaban J connectivity index is 1.35. The second kappa shape index (κ2) is 13.2. The van der Waals surface area contributed by atoms with Gasteiger partial charge in [0.1, 0.15) is 35.9 Å². The van der Waals surface area contributed by atoms with Crippen molar-refractivity contribution in [2.24, 2.45) is 0 Å². The molecule has 3 aromatic carbocycles. The Labute approximate surface area is 253 Å². The summed E-state index contributed by atoms with van der Waals surface area (Å²) in [7, 11) is 6.15. The van der Waals surface area contributed by atoms with E-state index in [9.17, 15) is 9.59 Å². The monoisotopic (exact) mass is 600 g/mol. The minimum absolute atomic E-state index is 0.0954. The second-order valence-electron chi connectivity index (χ2n) is 9.81. The Morgan fingerprint density at radius 3 is 2.25 bits per heavy atom. The molecule has 12 heteroatoms. The van der Waals surface area contributed by atoms with Gasteiger partial charge in [0.25, 0.3) is 0 Å². The fourth-order valence-corrected chi connectivity index (χ4v) is 4.72. The molecule has 0 fully saturated rings. The predicted molar refractivity (Wildman–Crippen MR) is 162 cm³/mol. The van der Waals surface area contributed by atoms with Gasteiger partial charge in [-0.15, -0.1) is 5.10 Å². The van der Waals surface area contributed by atoms with Crippen LogP contribution in [0.3, 0.4) is 0 Å². The lowest BCUT2D eigenvalue weighted by molar-refractivity contribution is -0.119. The lowest BCUT2D eigenvalue weighted by Gasteiger charge is -2.25. The predicted octanol–water partition coefficient (Wildman–Crippen LogP) is 4.54. The van der Waals surface area contributed by atoms with Crippen LogP contribution in [-0.2, 0) is 24.5 Å². The van der Waals surface area contributed by atoms with Crippen LogP contribution in [-0.4, -0.2) is 49.3 Å². The van der Waals surface area contributed by atoms with E-state index >= 15 is 0 Å². The number of ether oxygens (including phenoxy) is 5. The van der Waals surface area contributed by atoms with Gasteiger partial charge in [0.2, 0.25) is 11.7 Å². The lowest BCUT2D eigenvalue weighted by atomic mass is 10.1. The molecule has 5 rings (SSSR count). The molecule has 0 aliphatic heterocycles. The molecule has 5 aromatic rings. The Bertz CT molecular complexity index is 1810. The third-order valence-electron chi connectivity index (χ3n) is 6.95. The Morgan fingerprint density at radius 2 is 1.59 bits per heavy atom. The number of carbonyl (C=O) groups is 1. The van der Waals surface area contributed by atoms with E-state index in [0.29, 0.717) is 45.7 Å². The summed E-state index contributed by atoms with van der Waals surface area (Å²) in [4.78, 5) is 27.2. The molecule has 0 N–H and O–H groups in total. The van der Waals surface area contributed by atoms with Gasteiger partial charge < -0.3 is 33.0 Å². The number of methoxy groups -OCH3 is 4. The molecular weight excluding hydrogens is 568 g/mol. The summed E-state index contributed by atoms with van der Waals surface area (Å²) in [5.74, 6) is 2.20. The van der Waals surface area contributed by atoms with E-state index < -0.39 is 5.63 Å². The molecule has 0 saturated heterocycles. The number of aromatic nitrogens is 3. The molecular formula is C32H32N4O8. The number of rotatable bonds is 12. The van der Waals surface area contributed by atoms with Crippen LogP contribution in [0.2, 0.25) is 0 Å². The van der Waals surface area contributed by atoms with Crippen molar-refractivity contribution >= 4 is 22.6 Å². The van der Waals surface area contributed by atoms with E-state index in [4.69, 9.17) is 28.1 Å². The topological polar surface area (TPSA) is 127 Å². The van der Waals surface area contributed by atoms with Crippen molar-refractivity contribution in [2.75, 3.05) is 33.3 Å². The number of fused-ring (bicyclic) bond motifs is 1. The van der Waals surface area contributed by atoms with Gasteiger partial charge in [-0.25, -0.2) is 9.48 Å². The van der Waals surface area contributed by atoms with Gasteiger partial charge in [-0.3, -0.25) is 4.79 Å². The molecule has 0 saturated carbocycles. The normalized spacial score (nSPS) is 10.8. The van der Waals surface area contributed by atoms with E-state index in [2.05, 4.69) is 10.3 Å². The first-order chi connectivity index (χ1) is 21.3. The van der Waals surface area contributed by atoms with E-state index in [0.717, 1.165) is 16.5 Å². The highest BCUT2D eigenvalue weighted by Crippen LogP contribution is 2.41. The van der Waals surface area contributed by atoms with Crippen molar-refractivity contribution < 1.29 is 32.9 Å². The highest BCUT2D eigenvalue weighted by Gasteiger charge is 2.22. The smallest absolute Gasteiger partial charge is 0.336 e. The van der Waals surface area contributed by atoms with E-state index in [1.807, 2.05) is 37.3 Å². The molecule has 0 bridgehead atoms. The summed E-state index contributed by atoms with van der Waals surface area (Å²) in [6.07, 6.45) is 1.64. The summed E-state index contributed by atoms with van der Waals surface area (Å²) in [6, 6.07) is 17.6. The molecule has 228 valence electrons. The summed E-state index contributed by atoms with van der Waals surface area (Å²) in [5, 5.41) is 9.12. The minimum atomic E-state index is -0.424. The minimum Gasteiger partial charge on any atom is -0.497 e. The highest BCUT2D eigenvalue weighted by molar-refractivity contribution is 5.94. The standard InChI is InChI=1S/C32H32N4O8/c1-20-12-31(38)44-27-15-25(10-11-26(20)27)43-19-22-17-35(34-33-22)18-30(37)36(16-21-6-8-24(39-2)9-7-21)23-13-28(40-3)32(42-5)29(14-23)41-4/h6-15,17H,16,18-19H2,1-5H3. The Morgan fingerprint density at radius 1 is 0.886 bits per heavy atom. The second-order valence-corrected chi connectivity index (χ2v) is 9.81. The van der Waals surface area contributed by atoms with E-state index in [-0.39, 0.29) is 25.6 Å². The summed E-state index contributed by atoms with van der Waals surface area (Å²) < 4.78 is 34.4. The zero-order valence-corrected chi connectivity index (χ0v) is 25.0. The van der Waals surface area contributed by atoms with Gasteiger partial charge in [-0.1, -0.05) is 17.3 Å². The molecule has 12 nitrogen and oxygen atoms in total. The lowest BCUT2D eigenvalue weighted by Crippen LogP contribution is -2.33. The van der Waals surface area contributed by atoms with Crippen molar-refractivity contribution in [3.63, 3.8) is 0 Å². The number of anilines is 1. The molecule has 0 atom stereocenters. The number of benzene rings is 3. The van der Waals surface area contributed by atoms with Gasteiger partial charge in [-0.05, 0) is 42.3 Å². The fourth-order valence-electron chi connectivity index (χ4n) is 4.72. The number of amides is 1. The molecule has 0 radical (unpaired) electrons. The van der Waals surface area contributed by atoms with Crippen LogP contribution < -0.4 is 34.2 Å². The van der Waals surface area contributed by atoms with Crippen molar-refractivity contribution in [2.45, 2.75) is 26.6 Å². The average Bonchev–Trinajstić information content (AvgIpc) is 3.48. The largest absolute Gasteiger partial charge is 0.497 e. The Hall–Kier alpha value is -5.52. The van der Waals surface area contributed by atoms with Gasteiger partial charge in [0.15, 0.2) is 11.5 Å². The number of carbonyl (C=O) groups excluding carboxylic acids is 1. The van der Waals surface area contributed by atoms with Gasteiger partial charge in [0, 0.05) is 29.7 Å². The van der Waals surface area contributed by atoms with Crippen molar-refractivity contribution in [3.8, 4) is 28.7 Å². The van der Waals surface area contributed by atoms with E-state index in [1.54, 1.807) is 42.5 Å². The number of hydrogen-bond donors (Lipinski definition) is 0. The van der Waals surface area contributed by atoms with Crippen LogP contribution in [0, 0.1) is 6.92 Å². The third-order valence-corrected chi connectivity index (χ3v) is 6.95. The molecule has 2 aromatic heterocycles. The van der Waals surface area contributed by atoms with Crippen LogP contribution in [0.1, 0.15) is 16.8 Å². The van der Waals surface area contributed by atoms with Crippen LogP contribution in [0.4, 0.5) is 5.69 Å². The molecule has 44 heavy (non-hydrogen) atoms. The van der Waals surface area contributed by atoms with Crippen LogP contribution in [0.15, 0.2) is 76.1 Å². The van der Waals surface area contributed by atoms with Crippen molar-refractivity contribution in [1.82, 2.24) is 15.0 Å². The maximum absolute atomic E-state index is 13.8. The Kier molecular flexibility index (Phi) is 8.98. The zero-order valence-electron chi connectivity index (χ0n) is 25.0. The molecule has 1 amide bonds. The quantitative estimate of drug-likeness (QED) is 0.188. The molecule has 0 aliphatic carbocycles. The van der Waals surface area contributed by atoms with Crippen molar-refractivity contribution in [3.05, 3.63) is 94.1 Å². The van der Waals surface area contributed by atoms with Crippen LogP contribution in [0.25, 0.3) is 11.0 Å². The average molecular weight is 601 g/mol. The van der Waals surface area contributed by atoms with E-state index in [1.165, 1.54) is 32.1 Å². The van der Waals surface area contributed by atoms with Crippen LogP contribution >= 0.6 is 0 Å². The molecule has 0 aliphatic rings. The summed E-state index contributed by atoms with van der Waals surface area (Å²) in [6.45, 7) is 2.10. The summed E-state index contributed by atoms with van der Waals surface area (Å²) >= 11 is 0. The fraction of sp³-hybridized carbons (Fsp3) is 0.250. The SMILES string of the molecule is COc1ccc(CN(C(=O)Cn2cc(COc3ccc4c(C)cc(=O)oc4c3)nn2)c2cc(OC)c(OC)c(OC)c2)cc1. The maximum Gasteiger partial charge on any atom is 0.336 e. The molecule has 0 unspecified atom stereocenters. The third kappa shape index (κ3) is 6.59. The first-order valence-corrected chi connectivity index (χ1v) is 13.6. The molecule has 2 heterocycles. The number of aryl methyl sites for hydroxylation is 1. The first kappa shape index (κ1) is 30.0. The number of hydrogen-bond acceptors (Lipinski definition) is 10. The van der Waals surface area contributed by atoms with Crippen LogP contribution in [0.5, 0.6) is 28.7 Å². The summed E-state index contributed by atoms with van der Waals surface area (Å²) in [5.41, 5.74) is 2.77.